The highest BCUT2D eigenvalue weighted by Gasteiger charge is 2.24. The molecule has 0 aliphatic heterocycles. The summed E-state index contributed by atoms with van der Waals surface area (Å²) >= 11 is 7.33. The number of anilines is 1. The van der Waals surface area contributed by atoms with E-state index in [1.807, 2.05) is 47.8 Å². The second kappa shape index (κ2) is 11.7. The first-order valence-corrected chi connectivity index (χ1v) is 12.2. The third kappa shape index (κ3) is 5.84. The van der Waals surface area contributed by atoms with E-state index in [9.17, 15) is 9.59 Å². The molecule has 0 aliphatic carbocycles. The van der Waals surface area contributed by atoms with E-state index < -0.39 is 18.5 Å². The van der Waals surface area contributed by atoms with Crippen molar-refractivity contribution >= 4 is 39.9 Å². The molecule has 1 heterocycles. The minimum absolute atomic E-state index is 0.165. The van der Waals surface area contributed by atoms with Gasteiger partial charge in [0.1, 0.15) is 5.56 Å². The Morgan fingerprint density at radius 2 is 1.69 bits per heavy atom. The summed E-state index contributed by atoms with van der Waals surface area (Å²) in [6.07, 6.45) is 0. The Morgan fingerprint density at radius 1 is 0.944 bits per heavy atom. The Morgan fingerprint density at radius 3 is 2.39 bits per heavy atom. The lowest BCUT2D eigenvalue weighted by molar-refractivity contribution is -0.121. The van der Waals surface area contributed by atoms with Gasteiger partial charge in [-0.25, -0.2) is 9.78 Å². The fourth-order valence-electron chi connectivity index (χ4n) is 3.50. The van der Waals surface area contributed by atoms with Crippen LogP contribution in [-0.2, 0) is 16.1 Å². The van der Waals surface area contributed by atoms with Crippen LogP contribution in [0.2, 0.25) is 5.02 Å². The summed E-state index contributed by atoms with van der Waals surface area (Å²) in [6, 6.07) is 21.7. The third-order valence-electron chi connectivity index (χ3n) is 5.30. The molecule has 0 N–H and O–H groups in total. The molecule has 184 valence electrons. The van der Waals surface area contributed by atoms with Crippen LogP contribution in [0.15, 0.2) is 78.2 Å². The summed E-state index contributed by atoms with van der Waals surface area (Å²) in [6.45, 7) is -0.199. The van der Waals surface area contributed by atoms with Crippen LogP contribution in [0, 0.1) is 0 Å². The number of esters is 1. The van der Waals surface area contributed by atoms with Crippen molar-refractivity contribution in [1.29, 1.82) is 0 Å². The fraction of sp³-hybridized carbons (Fsp3) is 0.148. The van der Waals surface area contributed by atoms with Crippen LogP contribution in [0.1, 0.15) is 15.9 Å². The monoisotopic (exact) mass is 522 g/mol. The number of carbonyl (C=O) groups excluding carboxylic acids is 2. The number of nitrogens with zero attached hydrogens (tertiary/aromatic N) is 2. The molecule has 7 nitrogen and oxygen atoms in total. The number of hydrogen-bond donors (Lipinski definition) is 0. The largest absolute Gasteiger partial charge is 0.493 e. The van der Waals surface area contributed by atoms with Crippen LogP contribution in [0.5, 0.6) is 11.5 Å². The third-order valence-corrected chi connectivity index (χ3v) is 6.41. The first-order chi connectivity index (χ1) is 17.5. The molecule has 4 rings (SSSR count). The summed E-state index contributed by atoms with van der Waals surface area (Å²) < 4.78 is 15.9. The lowest BCUT2D eigenvalue weighted by Crippen LogP contribution is -2.34. The second-order valence-electron chi connectivity index (χ2n) is 7.60. The normalized spacial score (nSPS) is 10.5. The summed E-state index contributed by atoms with van der Waals surface area (Å²) in [5.74, 6) is -0.474. The molecule has 0 unspecified atom stereocenters. The number of rotatable bonds is 9. The van der Waals surface area contributed by atoms with Crippen LogP contribution >= 0.6 is 22.9 Å². The lowest BCUT2D eigenvalue weighted by Gasteiger charge is -2.20. The molecule has 0 spiro atoms. The SMILES string of the molecule is COc1cccc(C(=O)OCC(=O)N(Cc2ccccc2)c2nc(-c3ccc(Cl)cc3)cs2)c1OC. The zero-order valence-electron chi connectivity index (χ0n) is 19.6. The molecule has 0 radical (unpaired) electrons. The Hall–Kier alpha value is -3.88. The number of halogens is 1. The van der Waals surface area contributed by atoms with Gasteiger partial charge in [0.25, 0.3) is 5.91 Å². The number of methoxy groups -OCH3 is 2. The van der Waals surface area contributed by atoms with Crippen molar-refractivity contribution in [2.45, 2.75) is 6.54 Å². The zero-order chi connectivity index (χ0) is 25.5. The average Bonchev–Trinajstić information content (AvgIpc) is 3.40. The molecule has 0 fully saturated rings. The van der Waals surface area contributed by atoms with Gasteiger partial charge in [0.2, 0.25) is 0 Å². The van der Waals surface area contributed by atoms with Gasteiger partial charge >= 0.3 is 5.97 Å². The van der Waals surface area contributed by atoms with Gasteiger partial charge in [0, 0.05) is 16.0 Å². The van der Waals surface area contributed by atoms with Crippen molar-refractivity contribution in [3.63, 3.8) is 0 Å². The minimum atomic E-state index is -0.695. The van der Waals surface area contributed by atoms with Gasteiger partial charge in [-0.1, -0.05) is 60.1 Å². The van der Waals surface area contributed by atoms with Crippen molar-refractivity contribution < 1.29 is 23.8 Å². The molecular formula is C27H23ClN2O5S. The minimum Gasteiger partial charge on any atom is -0.493 e. The number of carbonyl (C=O) groups is 2. The predicted octanol–water partition coefficient (Wildman–Crippen LogP) is 5.87. The van der Waals surface area contributed by atoms with Gasteiger partial charge in [-0.3, -0.25) is 9.69 Å². The van der Waals surface area contributed by atoms with Crippen molar-refractivity contribution in [2.75, 3.05) is 25.7 Å². The van der Waals surface area contributed by atoms with Crippen LogP contribution in [-0.4, -0.2) is 37.7 Å². The van der Waals surface area contributed by atoms with Crippen LogP contribution in [0.25, 0.3) is 11.3 Å². The van der Waals surface area contributed by atoms with E-state index in [2.05, 4.69) is 4.98 Å². The number of benzene rings is 3. The molecule has 0 bridgehead atoms. The lowest BCUT2D eigenvalue weighted by atomic mass is 10.2. The number of aromatic nitrogens is 1. The molecule has 0 saturated carbocycles. The van der Waals surface area contributed by atoms with Crippen molar-refractivity contribution in [2.24, 2.45) is 0 Å². The van der Waals surface area contributed by atoms with E-state index in [4.69, 9.17) is 25.8 Å². The van der Waals surface area contributed by atoms with Gasteiger partial charge in [-0.2, -0.15) is 0 Å². The number of ether oxygens (including phenoxy) is 3. The Labute approximate surface area is 217 Å². The molecule has 1 aromatic heterocycles. The Kier molecular flexibility index (Phi) is 8.20. The summed E-state index contributed by atoms with van der Waals surface area (Å²) in [5, 5.41) is 2.99. The summed E-state index contributed by atoms with van der Waals surface area (Å²) in [4.78, 5) is 32.2. The van der Waals surface area contributed by atoms with E-state index in [-0.39, 0.29) is 17.9 Å². The molecule has 0 aliphatic rings. The zero-order valence-corrected chi connectivity index (χ0v) is 21.2. The fourth-order valence-corrected chi connectivity index (χ4v) is 4.48. The highest BCUT2D eigenvalue weighted by atomic mass is 35.5. The summed E-state index contributed by atoms with van der Waals surface area (Å²) in [5.41, 5.74) is 2.68. The van der Waals surface area contributed by atoms with E-state index >= 15 is 0 Å². The van der Waals surface area contributed by atoms with E-state index in [0.29, 0.717) is 15.9 Å². The van der Waals surface area contributed by atoms with Crippen molar-refractivity contribution in [3.05, 3.63) is 94.3 Å². The molecule has 9 heteroatoms. The Balaban J connectivity index is 1.55. The number of thiazole rings is 1. The highest BCUT2D eigenvalue weighted by Crippen LogP contribution is 2.32. The van der Waals surface area contributed by atoms with Gasteiger partial charge in [-0.15, -0.1) is 11.3 Å². The smallest absolute Gasteiger partial charge is 0.342 e. The standard InChI is InChI=1S/C27H23ClN2O5S/c1-33-23-10-6-9-21(25(23)34-2)26(32)35-16-24(31)30(15-18-7-4-3-5-8-18)27-29-22(17-36-27)19-11-13-20(28)14-12-19/h3-14,17H,15-16H2,1-2H3. The topological polar surface area (TPSA) is 78.0 Å². The molecule has 0 atom stereocenters. The number of amides is 1. The van der Waals surface area contributed by atoms with Gasteiger partial charge in [0.05, 0.1) is 26.5 Å². The van der Waals surface area contributed by atoms with E-state index in [1.54, 1.807) is 30.3 Å². The average molecular weight is 523 g/mol. The second-order valence-corrected chi connectivity index (χ2v) is 8.88. The molecule has 0 saturated heterocycles. The van der Waals surface area contributed by atoms with Crippen LogP contribution in [0.3, 0.4) is 0 Å². The molecule has 36 heavy (non-hydrogen) atoms. The molecule has 3 aromatic carbocycles. The van der Waals surface area contributed by atoms with Crippen LogP contribution in [0.4, 0.5) is 5.13 Å². The quantitative estimate of drug-likeness (QED) is 0.256. The number of para-hydroxylation sites is 1. The maximum absolute atomic E-state index is 13.3. The maximum Gasteiger partial charge on any atom is 0.342 e. The summed E-state index contributed by atoms with van der Waals surface area (Å²) in [7, 11) is 2.91. The Bertz CT molecular complexity index is 1340. The van der Waals surface area contributed by atoms with Crippen LogP contribution < -0.4 is 14.4 Å². The highest BCUT2D eigenvalue weighted by molar-refractivity contribution is 7.14. The predicted molar refractivity (Wildman–Crippen MR) is 140 cm³/mol. The molecule has 1 amide bonds. The molecule has 4 aromatic rings. The van der Waals surface area contributed by atoms with Crippen molar-refractivity contribution in [3.8, 4) is 22.8 Å². The van der Waals surface area contributed by atoms with E-state index in [0.717, 1.165) is 16.8 Å². The number of hydrogen-bond acceptors (Lipinski definition) is 7. The van der Waals surface area contributed by atoms with Gasteiger partial charge < -0.3 is 14.2 Å². The van der Waals surface area contributed by atoms with Gasteiger partial charge in [0.15, 0.2) is 23.2 Å². The molecular weight excluding hydrogens is 500 g/mol. The maximum atomic E-state index is 13.3. The van der Waals surface area contributed by atoms with Gasteiger partial charge in [-0.05, 0) is 29.8 Å². The van der Waals surface area contributed by atoms with E-state index in [1.165, 1.54) is 30.5 Å². The first-order valence-electron chi connectivity index (χ1n) is 10.9. The first kappa shape index (κ1) is 25.2. The van der Waals surface area contributed by atoms with Crippen molar-refractivity contribution in [1.82, 2.24) is 4.98 Å².